The van der Waals surface area contributed by atoms with Gasteiger partial charge in [-0.3, -0.25) is 4.79 Å². The van der Waals surface area contributed by atoms with Crippen LogP contribution in [0.2, 0.25) is 0 Å². The number of benzene rings is 2. The van der Waals surface area contributed by atoms with Gasteiger partial charge < -0.3 is 25.4 Å². The van der Waals surface area contributed by atoms with Crippen LogP contribution >= 0.6 is 0 Å². The molecule has 1 saturated heterocycles. The number of amides is 1. The first-order chi connectivity index (χ1) is 14.2. The molecule has 0 saturated carbocycles. The highest BCUT2D eigenvalue weighted by molar-refractivity contribution is 5.92. The van der Waals surface area contributed by atoms with E-state index in [1.54, 1.807) is 0 Å². The maximum Gasteiger partial charge on any atom is 0.222 e. The number of nitrogens with one attached hydrogen (secondary N) is 1. The van der Waals surface area contributed by atoms with Crippen LogP contribution in [0.15, 0.2) is 47.5 Å². The second-order valence-corrected chi connectivity index (χ2v) is 7.23. The molecule has 0 spiro atoms. The molecule has 2 aromatic carbocycles. The van der Waals surface area contributed by atoms with Crippen LogP contribution in [-0.2, 0) is 17.9 Å². The first-order valence-electron chi connectivity index (χ1n) is 10.0. The van der Waals surface area contributed by atoms with Gasteiger partial charge in [-0.15, -0.1) is 0 Å². The summed E-state index contributed by atoms with van der Waals surface area (Å²) in [4.78, 5) is 18.3. The van der Waals surface area contributed by atoms with E-state index in [1.165, 1.54) is 0 Å². The van der Waals surface area contributed by atoms with E-state index in [1.807, 2.05) is 47.4 Å². The van der Waals surface area contributed by atoms with Crippen molar-refractivity contribution in [1.82, 2.24) is 4.90 Å². The van der Waals surface area contributed by atoms with Crippen LogP contribution in [0.25, 0.3) is 0 Å². The molecule has 3 N–H and O–H groups in total. The minimum absolute atomic E-state index is 0.221. The third kappa shape index (κ3) is 4.80. The van der Waals surface area contributed by atoms with Crippen LogP contribution in [-0.4, -0.2) is 36.5 Å². The van der Waals surface area contributed by atoms with E-state index in [0.29, 0.717) is 44.4 Å². The zero-order valence-electron chi connectivity index (χ0n) is 16.4. The number of nitrogens with two attached hydrogens (primary N) is 1. The number of likely N-dealkylation sites (tertiary alicyclic amines) is 1. The molecule has 0 atom stereocenters. The molecule has 152 valence electrons. The van der Waals surface area contributed by atoms with Gasteiger partial charge in [0.15, 0.2) is 17.5 Å². The van der Waals surface area contributed by atoms with Crippen LogP contribution in [0, 0.1) is 0 Å². The SMILES string of the molecule is NC(=NCc1ccccc1CN1CCCC1=O)Nc1ccc2c(c1)OCCCO2. The third-order valence-corrected chi connectivity index (χ3v) is 5.09. The summed E-state index contributed by atoms with van der Waals surface area (Å²) in [6.07, 6.45) is 2.45. The Bertz CT molecular complexity index is 913. The highest BCUT2D eigenvalue weighted by Gasteiger charge is 2.20. The van der Waals surface area contributed by atoms with Gasteiger partial charge in [-0.2, -0.15) is 0 Å². The van der Waals surface area contributed by atoms with Gasteiger partial charge in [-0.05, 0) is 29.7 Å². The minimum Gasteiger partial charge on any atom is -0.490 e. The maximum atomic E-state index is 11.9. The summed E-state index contributed by atoms with van der Waals surface area (Å²) in [6.45, 7) is 3.19. The molecule has 0 aliphatic carbocycles. The first-order valence-corrected chi connectivity index (χ1v) is 10.0. The van der Waals surface area contributed by atoms with Gasteiger partial charge in [0.1, 0.15) is 0 Å². The lowest BCUT2D eigenvalue weighted by molar-refractivity contribution is -0.128. The van der Waals surface area contributed by atoms with Crippen LogP contribution < -0.4 is 20.5 Å². The first kappa shape index (κ1) is 19.1. The normalized spacial score (nSPS) is 16.6. The quantitative estimate of drug-likeness (QED) is 0.601. The average Bonchev–Trinajstić information content (AvgIpc) is 2.98. The van der Waals surface area contributed by atoms with Gasteiger partial charge in [0, 0.05) is 37.7 Å². The lowest BCUT2D eigenvalue weighted by atomic mass is 10.1. The minimum atomic E-state index is 0.221. The zero-order valence-corrected chi connectivity index (χ0v) is 16.4. The van der Waals surface area contributed by atoms with Crippen molar-refractivity contribution in [2.24, 2.45) is 10.7 Å². The Morgan fingerprint density at radius 1 is 1.07 bits per heavy atom. The van der Waals surface area contributed by atoms with E-state index in [0.717, 1.165) is 42.0 Å². The van der Waals surface area contributed by atoms with Crippen LogP contribution in [0.3, 0.4) is 0 Å². The fourth-order valence-electron chi connectivity index (χ4n) is 3.54. The van der Waals surface area contributed by atoms with Gasteiger partial charge in [0.25, 0.3) is 0 Å². The summed E-state index contributed by atoms with van der Waals surface area (Å²) < 4.78 is 11.4. The number of anilines is 1. The monoisotopic (exact) mass is 394 g/mol. The van der Waals surface area contributed by atoms with E-state index in [4.69, 9.17) is 15.2 Å². The van der Waals surface area contributed by atoms with E-state index in [9.17, 15) is 4.79 Å². The fraction of sp³-hybridized carbons (Fsp3) is 0.364. The molecule has 0 aromatic heterocycles. The number of ether oxygens (including phenoxy) is 2. The molecule has 1 fully saturated rings. The van der Waals surface area contributed by atoms with Crippen molar-refractivity contribution in [1.29, 1.82) is 0 Å². The molecule has 0 unspecified atom stereocenters. The standard InChI is InChI=1S/C22H26N4O3/c23-22(25-18-8-9-19-20(13-18)29-12-4-11-28-19)24-14-16-5-1-2-6-17(16)15-26-10-3-7-21(26)27/h1-2,5-6,8-9,13H,3-4,7,10-12,14-15H2,(H3,23,24,25). The second kappa shape index (κ2) is 8.86. The Labute approximate surface area is 170 Å². The van der Waals surface area contributed by atoms with E-state index < -0.39 is 0 Å². The number of carbonyl (C=O) groups is 1. The van der Waals surface area contributed by atoms with Crippen molar-refractivity contribution >= 4 is 17.6 Å². The number of nitrogens with zero attached hydrogens (tertiary/aromatic N) is 2. The van der Waals surface area contributed by atoms with Crippen molar-refractivity contribution in [3.63, 3.8) is 0 Å². The highest BCUT2D eigenvalue weighted by Crippen LogP contribution is 2.32. The number of hydrogen-bond acceptors (Lipinski definition) is 4. The molecule has 7 nitrogen and oxygen atoms in total. The number of rotatable bonds is 5. The molecule has 2 aliphatic rings. The number of carbonyl (C=O) groups excluding carboxylic acids is 1. The molecular formula is C22H26N4O3. The summed E-state index contributed by atoms with van der Waals surface area (Å²) in [5, 5.41) is 3.11. The van der Waals surface area contributed by atoms with Crippen molar-refractivity contribution in [3.05, 3.63) is 53.6 Å². The van der Waals surface area contributed by atoms with E-state index in [-0.39, 0.29) is 5.91 Å². The van der Waals surface area contributed by atoms with Gasteiger partial charge in [-0.1, -0.05) is 24.3 Å². The Hall–Kier alpha value is -3.22. The van der Waals surface area contributed by atoms with Crippen LogP contribution in [0.5, 0.6) is 11.5 Å². The maximum absolute atomic E-state index is 11.9. The zero-order chi connectivity index (χ0) is 20.1. The fourth-order valence-corrected chi connectivity index (χ4v) is 3.54. The summed E-state index contributed by atoms with van der Waals surface area (Å²) in [5.74, 6) is 2.00. The lowest BCUT2D eigenvalue weighted by Crippen LogP contribution is -2.25. The summed E-state index contributed by atoms with van der Waals surface area (Å²) in [5.41, 5.74) is 9.07. The number of hydrogen-bond donors (Lipinski definition) is 2. The molecule has 29 heavy (non-hydrogen) atoms. The summed E-state index contributed by atoms with van der Waals surface area (Å²) in [7, 11) is 0. The van der Waals surface area contributed by atoms with Gasteiger partial charge in [0.2, 0.25) is 5.91 Å². The largest absolute Gasteiger partial charge is 0.490 e. The Morgan fingerprint density at radius 3 is 2.66 bits per heavy atom. The van der Waals surface area contributed by atoms with Gasteiger partial charge in [0.05, 0.1) is 19.8 Å². The number of aliphatic imine (C=N–C) groups is 1. The van der Waals surface area contributed by atoms with Crippen molar-refractivity contribution in [2.45, 2.75) is 32.4 Å². The molecule has 7 heteroatoms. The van der Waals surface area contributed by atoms with Gasteiger partial charge in [-0.25, -0.2) is 4.99 Å². The smallest absolute Gasteiger partial charge is 0.222 e. The second-order valence-electron chi connectivity index (χ2n) is 7.23. The van der Waals surface area contributed by atoms with E-state index >= 15 is 0 Å². The molecular weight excluding hydrogens is 368 g/mol. The molecule has 2 aliphatic heterocycles. The van der Waals surface area contributed by atoms with E-state index in [2.05, 4.69) is 10.3 Å². The van der Waals surface area contributed by atoms with Crippen LogP contribution in [0.1, 0.15) is 30.4 Å². The molecule has 1 amide bonds. The number of fused-ring (bicyclic) bond motifs is 1. The molecule has 4 rings (SSSR count). The van der Waals surface area contributed by atoms with Crippen molar-refractivity contribution < 1.29 is 14.3 Å². The number of guanidine groups is 1. The highest BCUT2D eigenvalue weighted by atomic mass is 16.5. The molecule has 0 bridgehead atoms. The lowest BCUT2D eigenvalue weighted by Gasteiger charge is -2.17. The summed E-state index contributed by atoms with van der Waals surface area (Å²) >= 11 is 0. The van der Waals surface area contributed by atoms with Crippen molar-refractivity contribution in [3.8, 4) is 11.5 Å². The Kier molecular flexibility index (Phi) is 5.84. The predicted molar refractivity (Wildman–Crippen MR) is 112 cm³/mol. The van der Waals surface area contributed by atoms with Crippen molar-refractivity contribution in [2.75, 3.05) is 25.1 Å². The Balaban J connectivity index is 1.41. The topological polar surface area (TPSA) is 89.2 Å². The third-order valence-electron chi connectivity index (χ3n) is 5.09. The van der Waals surface area contributed by atoms with Gasteiger partial charge >= 0.3 is 0 Å². The van der Waals surface area contributed by atoms with Crippen LogP contribution in [0.4, 0.5) is 5.69 Å². The predicted octanol–water partition coefficient (Wildman–Crippen LogP) is 2.90. The Morgan fingerprint density at radius 2 is 1.86 bits per heavy atom. The molecule has 2 aromatic rings. The molecule has 2 heterocycles. The average molecular weight is 394 g/mol. The molecule has 0 radical (unpaired) electrons. The summed E-state index contributed by atoms with van der Waals surface area (Å²) in [6, 6.07) is 13.7.